The van der Waals surface area contributed by atoms with Crippen molar-refractivity contribution >= 4 is 49.0 Å². The third kappa shape index (κ3) is 4.88. The maximum atomic E-state index is 3.95. The van der Waals surface area contributed by atoms with Gasteiger partial charge >= 0.3 is 0 Å². The van der Waals surface area contributed by atoms with Gasteiger partial charge in [-0.15, -0.1) is 0 Å². The first-order valence-electron chi connectivity index (χ1n) is 17.9. The van der Waals surface area contributed by atoms with Crippen LogP contribution in [-0.2, 0) is 0 Å². The zero-order valence-electron chi connectivity index (χ0n) is 28.5. The summed E-state index contributed by atoms with van der Waals surface area (Å²) in [7, 11) is 0. The van der Waals surface area contributed by atoms with Gasteiger partial charge in [-0.25, -0.2) is 0 Å². The van der Waals surface area contributed by atoms with Crippen LogP contribution in [0.5, 0.6) is 0 Å². The minimum atomic E-state index is 1.02. The predicted molar refractivity (Wildman–Crippen MR) is 222 cm³/mol. The summed E-state index contributed by atoms with van der Waals surface area (Å²) < 4.78 is 2.31. The van der Waals surface area contributed by atoms with Crippen LogP contribution in [0.3, 0.4) is 0 Å². The van der Waals surface area contributed by atoms with Crippen LogP contribution in [0, 0.1) is 0 Å². The molecule has 0 spiro atoms. The van der Waals surface area contributed by atoms with E-state index in [9.17, 15) is 0 Å². The van der Waals surface area contributed by atoms with Gasteiger partial charge in [0.15, 0.2) is 0 Å². The van der Waals surface area contributed by atoms with Crippen molar-refractivity contribution in [2.75, 3.05) is 5.43 Å². The molecule has 10 rings (SSSR count). The molecule has 1 aromatic heterocycles. The van der Waals surface area contributed by atoms with Crippen molar-refractivity contribution in [2.24, 2.45) is 0 Å². The Morgan fingerprint density at radius 3 is 1.35 bits per heavy atom. The van der Waals surface area contributed by atoms with E-state index in [0.29, 0.717) is 0 Å². The molecule has 1 heterocycles. The fourth-order valence-corrected chi connectivity index (χ4v) is 8.14. The maximum Gasteiger partial charge on any atom is 0.0794 e. The summed E-state index contributed by atoms with van der Waals surface area (Å²) in [6.07, 6.45) is 0. The average molecular weight is 663 g/mol. The molecule has 10 aromatic rings. The van der Waals surface area contributed by atoms with Crippen molar-refractivity contribution in [3.63, 3.8) is 0 Å². The molecule has 0 amide bonds. The van der Waals surface area contributed by atoms with Gasteiger partial charge in [-0.2, -0.15) is 0 Å². The standard InChI is InChI=1S/C50H34N2/c1-5-17-34(18-6-1)39-31-32-44-40-25-15-16-28-46(40)52(50(44)49(39)37-23-11-4-12-24-37)51-38-29-30-43-45(33-38)48(36-21-9-3-10-22-36)42-27-14-13-26-41(42)47(43)35-19-7-2-8-20-35/h1-33,51H. The van der Waals surface area contributed by atoms with Gasteiger partial charge in [0.05, 0.1) is 16.7 Å². The summed E-state index contributed by atoms with van der Waals surface area (Å²) in [6, 6.07) is 72.2. The number of fused-ring (bicyclic) bond motifs is 5. The number of hydrogen-bond acceptors (Lipinski definition) is 1. The number of aromatic nitrogens is 1. The van der Waals surface area contributed by atoms with Gasteiger partial charge < -0.3 is 0 Å². The monoisotopic (exact) mass is 662 g/mol. The first kappa shape index (κ1) is 30.0. The van der Waals surface area contributed by atoms with E-state index in [2.05, 4.69) is 210 Å². The molecule has 0 saturated carbocycles. The molecule has 9 aromatic carbocycles. The zero-order chi connectivity index (χ0) is 34.4. The average Bonchev–Trinajstić information content (AvgIpc) is 3.53. The van der Waals surface area contributed by atoms with Crippen LogP contribution in [0.25, 0.3) is 87.9 Å². The van der Waals surface area contributed by atoms with E-state index >= 15 is 0 Å². The summed E-state index contributed by atoms with van der Waals surface area (Å²) in [5, 5.41) is 7.36. The van der Waals surface area contributed by atoms with Crippen LogP contribution < -0.4 is 5.43 Å². The number of para-hydroxylation sites is 1. The third-order valence-corrected chi connectivity index (χ3v) is 10.4. The van der Waals surface area contributed by atoms with Crippen molar-refractivity contribution in [2.45, 2.75) is 0 Å². The highest BCUT2D eigenvalue weighted by atomic mass is 15.4. The molecule has 0 fully saturated rings. The van der Waals surface area contributed by atoms with Gasteiger partial charge in [0.2, 0.25) is 0 Å². The highest BCUT2D eigenvalue weighted by Crippen LogP contribution is 2.45. The molecule has 2 nitrogen and oxygen atoms in total. The van der Waals surface area contributed by atoms with E-state index in [1.807, 2.05) is 0 Å². The fourth-order valence-electron chi connectivity index (χ4n) is 8.14. The molecule has 0 aliphatic carbocycles. The highest BCUT2D eigenvalue weighted by Gasteiger charge is 2.21. The smallest absolute Gasteiger partial charge is 0.0794 e. The van der Waals surface area contributed by atoms with Gasteiger partial charge in [0.1, 0.15) is 0 Å². The molecule has 0 aliphatic heterocycles. The maximum absolute atomic E-state index is 3.95. The van der Waals surface area contributed by atoms with Crippen LogP contribution in [0.1, 0.15) is 0 Å². The van der Waals surface area contributed by atoms with Gasteiger partial charge in [0.25, 0.3) is 0 Å². The Hall–Kier alpha value is -6.90. The SMILES string of the molecule is c1ccc(-c2ccc3c4ccccc4n(Nc4ccc5c(-c6ccccc6)c6ccccc6c(-c6ccccc6)c5c4)c3c2-c2ccccc2)cc1. The third-order valence-electron chi connectivity index (χ3n) is 10.4. The van der Waals surface area contributed by atoms with E-state index in [0.717, 1.165) is 16.7 Å². The lowest BCUT2D eigenvalue weighted by Gasteiger charge is -2.20. The van der Waals surface area contributed by atoms with E-state index in [4.69, 9.17) is 0 Å². The van der Waals surface area contributed by atoms with Crippen LogP contribution in [0.15, 0.2) is 200 Å². The Balaban J connectivity index is 1.27. The minimum absolute atomic E-state index is 1.02. The van der Waals surface area contributed by atoms with Gasteiger partial charge in [-0.05, 0) is 78.7 Å². The molecule has 52 heavy (non-hydrogen) atoms. The lowest BCUT2D eigenvalue weighted by atomic mass is 9.86. The molecule has 1 N–H and O–H groups in total. The van der Waals surface area contributed by atoms with Crippen molar-refractivity contribution in [1.82, 2.24) is 4.68 Å². The van der Waals surface area contributed by atoms with E-state index in [1.165, 1.54) is 76.8 Å². The molecule has 0 saturated heterocycles. The minimum Gasteiger partial charge on any atom is -0.294 e. The topological polar surface area (TPSA) is 17.0 Å². The van der Waals surface area contributed by atoms with Crippen molar-refractivity contribution in [3.05, 3.63) is 200 Å². The van der Waals surface area contributed by atoms with E-state index in [-0.39, 0.29) is 0 Å². The normalized spacial score (nSPS) is 11.5. The number of rotatable bonds is 6. The van der Waals surface area contributed by atoms with Crippen LogP contribution >= 0.6 is 0 Å². The first-order valence-corrected chi connectivity index (χ1v) is 17.9. The number of benzene rings is 9. The molecule has 0 unspecified atom stereocenters. The van der Waals surface area contributed by atoms with Gasteiger partial charge in [-0.3, -0.25) is 10.1 Å². The Labute approximate surface area is 302 Å². The van der Waals surface area contributed by atoms with E-state index < -0.39 is 0 Å². The highest BCUT2D eigenvalue weighted by molar-refractivity contribution is 6.22. The molecular formula is C50H34N2. The van der Waals surface area contributed by atoms with Crippen LogP contribution in [0.4, 0.5) is 5.69 Å². The van der Waals surface area contributed by atoms with Gasteiger partial charge in [-0.1, -0.05) is 182 Å². The Kier molecular flexibility index (Phi) is 7.18. The summed E-state index contributed by atoms with van der Waals surface area (Å²) in [6.45, 7) is 0. The van der Waals surface area contributed by atoms with Crippen molar-refractivity contribution in [1.29, 1.82) is 0 Å². The van der Waals surface area contributed by atoms with E-state index in [1.54, 1.807) is 0 Å². The largest absolute Gasteiger partial charge is 0.294 e. The second kappa shape index (κ2) is 12.5. The fraction of sp³-hybridized carbons (Fsp3) is 0. The van der Waals surface area contributed by atoms with Crippen molar-refractivity contribution < 1.29 is 0 Å². The Morgan fingerprint density at radius 2 is 0.750 bits per heavy atom. The Morgan fingerprint density at radius 1 is 0.308 bits per heavy atom. The second-order valence-electron chi connectivity index (χ2n) is 13.4. The number of anilines is 1. The first-order chi connectivity index (χ1) is 25.8. The molecular weight excluding hydrogens is 629 g/mol. The van der Waals surface area contributed by atoms with Crippen molar-refractivity contribution in [3.8, 4) is 44.5 Å². The Bertz CT molecular complexity index is 2890. The lowest BCUT2D eigenvalue weighted by Crippen LogP contribution is -2.09. The molecule has 0 bridgehead atoms. The summed E-state index contributed by atoms with van der Waals surface area (Å²) in [5.74, 6) is 0. The number of nitrogens with zero attached hydrogens (tertiary/aromatic N) is 1. The number of nitrogens with one attached hydrogen (secondary N) is 1. The quantitative estimate of drug-likeness (QED) is 0.175. The van der Waals surface area contributed by atoms with Gasteiger partial charge in [0, 0.05) is 16.3 Å². The molecule has 0 atom stereocenters. The molecule has 2 heteroatoms. The molecule has 244 valence electrons. The van der Waals surface area contributed by atoms with Crippen LogP contribution in [0.2, 0.25) is 0 Å². The summed E-state index contributed by atoms with van der Waals surface area (Å²) in [5.41, 5.74) is 17.0. The number of hydrogen-bond donors (Lipinski definition) is 1. The second-order valence-corrected chi connectivity index (χ2v) is 13.4. The molecule has 0 aliphatic rings. The summed E-state index contributed by atoms with van der Waals surface area (Å²) >= 11 is 0. The summed E-state index contributed by atoms with van der Waals surface area (Å²) in [4.78, 5) is 0. The van der Waals surface area contributed by atoms with Crippen LogP contribution in [-0.4, -0.2) is 4.68 Å². The zero-order valence-corrected chi connectivity index (χ0v) is 28.5. The lowest BCUT2D eigenvalue weighted by molar-refractivity contribution is 1.06. The predicted octanol–water partition coefficient (Wildman–Crippen LogP) is 13.6. The molecule has 0 radical (unpaired) electrons.